The molecule has 0 saturated carbocycles. The summed E-state index contributed by atoms with van der Waals surface area (Å²) < 4.78 is 30.2. The molecule has 2 fully saturated rings. The summed E-state index contributed by atoms with van der Waals surface area (Å²) in [5.74, 6) is 1.83. The maximum absolute atomic E-state index is 13.2. The number of esters is 1. The molecule has 6 rings (SSSR count). The third-order valence-corrected chi connectivity index (χ3v) is 9.12. The Labute approximate surface area is 269 Å². The smallest absolute Gasteiger partial charge is 0.303 e. The van der Waals surface area contributed by atoms with Crippen molar-refractivity contribution in [1.82, 2.24) is 4.90 Å². The molecule has 0 aliphatic carbocycles. The van der Waals surface area contributed by atoms with Gasteiger partial charge in [-0.3, -0.25) is 14.5 Å². The van der Waals surface area contributed by atoms with Gasteiger partial charge in [0.05, 0.1) is 27.4 Å². The molecule has 2 saturated heterocycles. The molecule has 0 aromatic heterocycles. The molecular formula is C38H39NO7. The normalized spacial score (nSPS) is 21.1. The van der Waals surface area contributed by atoms with E-state index >= 15 is 0 Å². The van der Waals surface area contributed by atoms with E-state index in [2.05, 4.69) is 17.0 Å². The van der Waals surface area contributed by atoms with E-state index < -0.39 is 23.8 Å². The average Bonchev–Trinajstić information content (AvgIpc) is 3.24. The molecule has 0 unspecified atom stereocenters. The Morgan fingerprint density at radius 1 is 0.674 bits per heavy atom. The van der Waals surface area contributed by atoms with Gasteiger partial charge in [-0.15, -0.1) is 0 Å². The quantitative estimate of drug-likeness (QED) is 0.150. The van der Waals surface area contributed by atoms with Gasteiger partial charge in [0.25, 0.3) is 0 Å². The molecule has 4 atom stereocenters. The first kappa shape index (κ1) is 31.3. The second kappa shape index (κ2) is 13.4. The highest BCUT2D eigenvalue weighted by atomic mass is 16.6. The standard InChI is InChI=1S/C38H39NO7/c1-25(40)45-36-34-22-30(41)23-35(39(34)24-26-8-6-5-7-9-26)37(36)46-38(27-10-16-31(42-2)17-11-27,28-12-18-32(43-3)19-13-28)29-14-20-33(44-4)21-15-29/h5-21,34-37H,22-24H2,1-4H3/t34-,35+,36-,37+/m0/s1. The van der Waals surface area contributed by atoms with E-state index in [0.29, 0.717) is 23.8 Å². The lowest BCUT2D eigenvalue weighted by Gasteiger charge is -2.41. The van der Waals surface area contributed by atoms with Crippen LogP contribution in [0, 0.1) is 0 Å². The van der Waals surface area contributed by atoms with Gasteiger partial charge in [0, 0.05) is 32.4 Å². The highest BCUT2D eigenvalue weighted by molar-refractivity contribution is 5.81. The Bertz CT molecular complexity index is 1520. The fourth-order valence-electron chi connectivity index (χ4n) is 6.97. The van der Waals surface area contributed by atoms with Crippen molar-refractivity contribution < 1.29 is 33.3 Å². The fourth-order valence-corrected chi connectivity index (χ4v) is 6.97. The number of hydrogen-bond acceptors (Lipinski definition) is 8. The summed E-state index contributed by atoms with van der Waals surface area (Å²) in [6.07, 6.45) is -0.751. The molecule has 8 nitrogen and oxygen atoms in total. The first-order valence-electron chi connectivity index (χ1n) is 15.5. The van der Waals surface area contributed by atoms with E-state index in [-0.39, 0.29) is 30.7 Å². The monoisotopic (exact) mass is 621 g/mol. The molecule has 4 aromatic rings. The third-order valence-electron chi connectivity index (χ3n) is 9.12. The molecule has 8 heteroatoms. The molecule has 2 heterocycles. The minimum absolute atomic E-state index is 0.131. The zero-order chi connectivity index (χ0) is 32.3. The Hall–Kier alpha value is -4.66. The molecule has 2 aliphatic rings. The summed E-state index contributed by atoms with van der Waals surface area (Å²) in [6.45, 7) is 2.01. The van der Waals surface area contributed by atoms with Crippen LogP contribution in [0.25, 0.3) is 0 Å². The zero-order valence-electron chi connectivity index (χ0n) is 26.6. The largest absolute Gasteiger partial charge is 0.497 e. The minimum Gasteiger partial charge on any atom is -0.497 e. The number of ether oxygens (including phenoxy) is 5. The lowest BCUT2D eigenvalue weighted by molar-refractivity contribution is -0.160. The molecule has 0 amide bonds. The van der Waals surface area contributed by atoms with Crippen molar-refractivity contribution in [3.63, 3.8) is 0 Å². The molecule has 0 radical (unpaired) electrons. The number of nitrogens with zero attached hydrogens (tertiary/aromatic N) is 1. The summed E-state index contributed by atoms with van der Waals surface area (Å²) in [5, 5.41) is 0. The van der Waals surface area contributed by atoms with Gasteiger partial charge in [0.2, 0.25) is 0 Å². The Kier molecular flexibility index (Phi) is 9.10. The Morgan fingerprint density at radius 2 is 1.11 bits per heavy atom. The van der Waals surface area contributed by atoms with Crippen LogP contribution in [0.4, 0.5) is 0 Å². The van der Waals surface area contributed by atoms with E-state index in [9.17, 15) is 9.59 Å². The van der Waals surface area contributed by atoms with Crippen molar-refractivity contribution >= 4 is 11.8 Å². The second-order valence-electron chi connectivity index (χ2n) is 11.8. The summed E-state index contributed by atoms with van der Waals surface area (Å²) in [7, 11) is 4.89. The number of Topliss-reactive ketones (excluding diaryl/α,β-unsaturated/α-hetero) is 1. The van der Waals surface area contributed by atoms with Gasteiger partial charge < -0.3 is 23.7 Å². The first-order valence-corrected chi connectivity index (χ1v) is 15.5. The second-order valence-corrected chi connectivity index (χ2v) is 11.8. The SMILES string of the molecule is COc1ccc(C(O[C@H]2[C@@H](OC(C)=O)[C@@H]3CC(=O)C[C@H]2N3Cc2ccccc2)(c2ccc(OC)cc2)c2ccc(OC)cc2)cc1. The maximum Gasteiger partial charge on any atom is 0.303 e. The molecular weight excluding hydrogens is 582 g/mol. The maximum atomic E-state index is 13.2. The van der Waals surface area contributed by atoms with Gasteiger partial charge in [-0.2, -0.15) is 0 Å². The highest BCUT2D eigenvalue weighted by Crippen LogP contribution is 2.48. The van der Waals surface area contributed by atoms with E-state index in [1.807, 2.05) is 91.0 Å². The van der Waals surface area contributed by atoms with E-state index in [4.69, 9.17) is 23.7 Å². The molecule has 0 N–H and O–H groups in total. The van der Waals surface area contributed by atoms with Crippen LogP contribution in [0.15, 0.2) is 103 Å². The summed E-state index contributed by atoms with van der Waals surface area (Å²) >= 11 is 0. The Balaban J connectivity index is 1.55. The zero-order valence-corrected chi connectivity index (χ0v) is 26.6. The van der Waals surface area contributed by atoms with Crippen LogP contribution in [0.1, 0.15) is 42.0 Å². The minimum atomic E-state index is -1.19. The predicted molar refractivity (Wildman–Crippen MR) is 173 cm³/mol. The highest BCUT2D eigenvalue weighted by Gasteiger charge is 2.58. The number of methoxy groups -OCH3 is 3. The van der Waals surface area contributed by atoms with Gasteiger partial charge >= 0.3 is 5.97 Å². The van der Waals surface area contributed by atoms with Crippen LogP contribution in [0.5, 0.6) is 17.2 Å². The fraction of sp³-hybridized carbons (Fsp3) is 0.316. The van der Waals surface area contributed by atoms with Crippen molar-refractivity contribution in [2.24, 2.45) is 0 Å². The number of fused-ring (bicyclic) bond motifs is 2. The number of piperidine rings is 1. The topological polar surface area (TPSA) is 83.5 Å². The van der Waals surface area contributed by atoms with Crippen molar-refractivity contribution in [3.05, 3.63) is 125 Å². The predicted octanol–water partition coefficient (Wildman–Crippen LogP) is 5.94. The van der Waals surface area contributed by atoms with Gasteiger partial charge in [0.15, 0.2) is 0 Å². The molecule has 4 aromatic carbocycles. The van der Waals surface area contributed by atoms with Gasteiger partial charge in [-0.05, 0) is 58.7 Å². The van der Waals surface area contributed by atoms with Crippen LogP contribution in [-0.4, -0.2) is 62.3 Å². The average molecular weight is 622 g/mol. The molecule has 0 spiro atoms. The van der Waals surface area contributed by atoms with Crippen LogP contribution >= 0.6 is 0 Å². The van der Waals surface area contributed by atoms with E-state index in [1.54, 1.807) is 21.3 Å². The van der Waals surface area contributed by atoms with Crippen molar-refractivity contribution in [3.8, 4) is 17.2 Å². The number of rotatable bonds is 11. The van der Waals surface area contributed by atoms with Crippen molar-refractivity contribution in [2.45, 2.75) is 56.2 Å². The number of hydrogen-bond donors (Lipinski definition) is 0. The van der Waals surface area contributed by atoms with Crippen LogP contribution in [-0.2, 0) is 31.2 Å². The number of ketones is 1. The number of carbonyl (C=O) groups is 2. The molecule has 46 heavy (non-hydrogen) atoms. The van der Waals surface area contributed by atoms with E-state index in [0.717, 1.165) is 22.3 Å². The summed E-state index contributed by atoms with van der Waals surface area (Å²) in [6, 6.07) is 32.8. The molecule has 2 bridgehead atoms. The lowest BCUT2D eigenvalue weighted by Crippen LogP contribution is -2.47. The Morgan fingerprint density at radius 3 is 1.52 bits per heavy atom. The number of benzene rings is 4. The summed E-state index contributed by atoms with van der Waals surface area (Å²) in [4.78, 5) is 28.2. The van der Waals surface area contributed by atoms with Gasteiger partial charge in [-0.1, -0.05) is 66.7 Å². The number of carbonyl (C=O) groups excluding carboxylic acids is 2. The third kappa shape index (κ3) is 5.98. The lowest BCUT2D eigenvalue weighted by atomic mass is 9.79. The van der Waals surface area contributed by atoms with Crippen LogP contribution in [0.2, 0.25) is 0 Å². The summed E-state index contributed by atoms with van der Waals surface area (Å²) in [5.41, 5.74) is 2.45. The van der Waals surface area contributed by atoms with Crippen LogP contribution in [0.3, 0.4) is 0 Å². The molecule has 2 aliphatic heterocycles. The van der Waals surface area contributed by atoms with Gasteiger partial charge in [0.1, 0.15) is 40.8 Å². The van der Waals surface area contributed by atoms with Crippen molar-refractivity contribution in [1.29, 1.82) is 0 Å². The van der Waals surface area contributed by atoms with Crippen molar-refractivity contribution in [2.75, 3.05) is 21.3 Å². The van der Waals surface area contributed by atoms with E-state index in [1.165, 1.54) is 6.92 Å². The van der Waals surface area contributed by atoms with Crippen LogP contribution < -0.4 is 14.2 Å². The first-order chi connectivity index (χ1) is 22.4. The van der Waals surface area contributed by atoms with Gasteiger partial charge in [-0.25, -0.2) is 0 Å². The molecule has 238 valence electrons.